The molecule has 1 fully saturated rings. The SMILES string of the molecule is Cc1ccc(CN2CCNC(c3ccccc3)C2)cn1. The largest absolute Gasteiger partial charge is 0.308 e. The molecule has 3 heteroatoms. The molecule has 0 aliphatic carbocycles. The van der Waals surface area contributed by atoms with Crippen LogP contribution >= 0.6 is 0 Å². The lowest BCUT2D eigenvalue weighted by atomic mass is 10.0. The molecular weight excluding hydrogens is 246 g/mol. The van der Waals surface area contributed by atoms with Gasteiger partial charge in [-0.2, -0.15) is 0 Å². The zero-order chi connectivity index (χ0) is 13.8. The molecule has 0 amide bonds. The van der Waals surface area contributed by atoms with E-state index >= 15 is 0 Å². The van der Waals surface area contributed by atoms with Gasteiger partial charge in [-0.25, -0.2) is 0 Å². The molecule has 1 aliphatic rings. The smallest absolute Gasteiger partial charge is 0.0449 e. The van der Waals surface area contributed by atoms with Gasteiger partial charge in [-0.3, -0.25) is 9.88 Å². The van der Waals surface area contributed by atoms with E-state index in [-0.39, 0.29) is 0 Å². The number of aryl methyl sites for hydroxylation is 1. The van der Waals surface area contributed by atoms with Gasteiger partial charge < -0.3 is 5.32 Å². The molecule has 3 rings (SSSR count). The molecular formula is C17H21N3. The highest BCUT2D eigenvalue weighted by Crippen LogP contribution is 2.18. The third-order valence-electron chi connectivity index (χ3n) is 3.84. The molecule has 1 unspecified atom stereocenters. The summed E-state index contributed by atoms with van der Waals surface area (Å²) in [4.78, 5) is 6.88. The number of benzene rings is 1. The third-order valence-corrected chi connectivity index (χ3v) is 3.84. The summed E-state index contributed by atoms with van der Waals surface area (Å²) in [6.45, 7) is 6.20. The van der Waals surface area contributed by atoms with E-state index in [4.69, 9.17) is 0 Å². The number of pyridine rings is 1. The number of nitrogens with one attached hydrogen (secondary N) is 1. The molecule has 2 heterocycles. The van der Waals surface area contributed by atoms with Crippen LogP contribution in [0.15, 0.2) is 48.7 Å². The molecule has 1 saturated heterocycles. The first-order valence-electron chi connectivity index (χ1n) is 7.23. The van der Waals surface area contributed by atoms with Crippen molar-refractivity contribution < 1.29 is 0 Å². The molecule has 104 valence electrons. The maximum atomic E-state index is 4.38. The van der Waals surface area contributed by atoms with Crippen molar-refractivity contribution >= 4 is 0 Å². The Morgan fingerprint density at radius 2 is 2.05 bits per heavy atom. The molecule has 0 spiro atoms. The summed E-state index contributed by atoms with van der Waals surface area (Å²) in [5, 5.41) is 3.60. The van der Waals surface area contributed by atoms with Crippen molar-refractivity contribution in [3.63, 3.8) is 0 Å². The van der Waals surface area contributed by atoms with Crippen LogP contribution in [-0.2, 0) is 6.54 Å². The first-order valence-corrected chi connectivity index (χ1v) is 7.23. The summed E-state index contributed by atoms with van der Waals surface area (Å²) in [6, 6.07) is 15.4. The quantitative estimate of drug-likeness (QED) is 0.926. The maximum Gasteiger partial charge on any atom is 0.0449 e. The molecule has 3 nitrogen and oxygen atoms in total. The fourth-order valence-electron chi connectivity index (χ4n) is 2.71. The topological polar surface area (TPSA) is 28.2 Å². The van der Waals surface area contributed by atoms with Gasteiger partial charge in [0.05, 0.1) is 0 Å². The fourth-order valence-corrected chi connectivity index (χ4v) is 2.71. The highest BCUT2D eigenvalue weighted by atomic mass is 15.2. The molecule has 1 aliphatic heterocycles. The average molecular weight is 267 g/mol. The van der Waals surface area contributed by atoms with Gasteiger partial charge in [0.15, 0.2) is 0 Å². The van der Waals surface area contributed by atoms with Crippen LogP contribution in [-0.4, -0.2) is 29.5 Å². The minimum Gasteiger partial charge on any atom is -0.308 e. The van der Waals surface area contributed by atoms with Crippen molar-refractivity contribution in [1.82, 2.24) is 15.2 Å². The number of piperazine rings is 1. The summed E-state index contributed by atoms with van der Waals surface area (Å²) < 4.78 is 0. The highest BCUT2D eigenvalue weighted by molar-refractivity contribution is 5.20. The molecule has 0 bridgehead atoms. The fraction of sp³-hybridized carbons (Fsp3) is 0.353. The van der Waals surface area contributed by atoms with E-state index < -0.39 is 0 Å². The first-order chi connectivity index (χ1) is 9.81. The minimum atomic E-state index is 0.434. The Bertz CT molecular complexity index is 536. The van der Waals surface area contributed by atoms with Gasteiger partial charge in [-0.15, -0.1) is 0 Å². The van der Waals surface area contributed by atoms with Crippen molar-refractivity contribution in [2.45, 2.75) is 19.5 Å². The predicted molar refractivity (Wildman–Crippen MR) is 81.4 cm³/mol. The first kappa shape index (κ1) is 13.3. The van der Waals surface area contributed by atoms with Gasteiger partial charge >= 0.3 is 0 Å². The Morgan fingerprint density at radius 3 is 2.80 bits per heavy atom. The number of rotatable bonds is 3. The van der Waals surface area contributed by atoms with Crippen molar-refractivity contribution in [3.05, 3.63) is 65.5 Å². The molecule has 2 aromatic rings. The lowest BCUT2D eigenvalue weighted by Crippen LogP contribution is -2.45. The van der Waals surface area contributed by atoms with Crippen molar-refractivity contribution in [1.29, 1.82) is 0 Å². The molecule has 1 aromatic heterocycles. The normalized spacial score (nSPS) is 19.9. The molecule has 0 saturated carbocycles. The summed E-state index contributed by atoms with van der Waals surface area (Å²) in [5.41, 5.74) is 3.75. The summed E-state index contributed by atoms with van der Waals surface area (Å²) >= 11 is 0. The van der Waals surface area contributed by atoms with Crippen LogP contribution in [0.3, 0.4) is 0 Å². The van der Waals surface area contributed by atoms with Crippen LogP contribution in [0.2, 0.25) is 0 Å². The predicted octanol–water partition coefficient (Wildman–Crippen LogP) is 2.54. The summed E-state index contributed by atoms with van der Waals surface area (Å²) in [6.07, 6.45) is 1.99. The second-order valence-electron chi connectivity index (χ2n) is 5.46. The van der Waals surface area contributed by atoms with E-state index in [1.807, 2.05) is 13.1 Å². The minimum absolute atomic E-state index is 0.434. The molecule has 1 aromatic carbocycles. The Balaban J connectivity index is 1.65. The maximum absolute atomic E-state index is 4.38. The van der Waals surface area contributed by atoms with Gasteiger partial charge in [-0.1, -0.05) is 36.4 Å². The van der Waals surface area contributed by atoms with Crippen LogP contribution in [0.25, 0.3) is 0 Å². The Morgan fingerprint density at radius 1 is 1.20 bits per heavy atom. The third kappa shape index (κ3) is 3.24. The molecule has 0 radical (unpaired) electrons. The Labute approximate surface area is 120 Å². The van der Waals surface area contributed by atoms with E-state index in [9.17, 15) is 0 Å². The lowest BCUT2D eigenvalue weighted by molar-refractivity contribution is 0.193. The number of nitrogens with zero attached hydrogens (tertiary/aromatic N) is 2. The molecule has 20 heavy (non-hydrogen) atoms. The van der Waals surface area contributed by atoms with Gasteiger partial charge in [0, 0.05) is 44.1 Å². The Kier molecular flexibility index (Phi) is 4.09. The van der Waals surface area contributed by atoms with Crippen LogP contribution in [0.4, 0.5) is 0 Å². The van der Waals surface area contributed by atoms with Gasteiger partial charge in [0.2, 0.25) is 0 Å². The van der Waals surface area contributed by atoms with E-state index in [2.05, 4.69) is 57.7 Å². The summed E-state index contributed by atoms with van der Waals surface area (Å²) in [7, 11) is 0. The zero-order valence-electron chi connectivity index (χ0n) is 11.9. The number of aromatic nitrogens is 1. The second kappa shape index (κ2) is 6.16. The highest BCUT2D eigenvalue weighted by Gasteiger charge is 2.20. The van der Waals surface area contributed by atoms with Gasteiger partial charge in [0.25, 0.3) is 0 Å². The lowest BCUT2D eigenvalue weighted by Gasteiger charge is -2.34. The summed E-state index contributed by atoms with van der Waals surface area (Å²) in [5.74, 6) is 0. The van der Waals surface area contributed by atoms with Crippen LogP contribution in [0.1, 0.15) is 22.9 Å². The van der Waals surface area contributed by atoms with Crippen LogP contribution < -0.4 is 5.32 Å². The number of hydrogen-bond acceptors (Lipinski definition) is 3. The van der Waals surface area contributed by atoms with Crippen molar-refractivity contribution in [3.8, 4) is 0 Å². The van der Waals surface area contributed by atoms with Gasteiger partial charge in [0.1, 0.15) is 0 Å². The average Bonchev–Trinajstić information content (AvgIpc) is 2.51. The van der Waals surface area contributed by atoms with Crippen LogP contribution in [0, 0.1) is 6.92 Å². The number of hydrogen-bond donors (Lipinski definition) is 1. The monoisotopic (exact) mass is 267 g/mol. The Hall–Kier alpha value is -1.71. The van der Waals surface area contributed by atoms with Crippen molar-refractivity contribution in [2.24, 2.45) is 0 Å². The van der Waals surface area contributed by atoms with E-state index in [1.165, 1.54) is 11.1 Å². The van der Waals surface area contributed by atoms with E-state index in [1.54, 1.807) is 0 Å². The second-order valence-corrected chi connectivity index (χ2v) is 5.46. The zero-order valence-corrected chi connectivity index (χ0v) is 11.9. The van der Waals surface area contributed by atoms with Crippen molar-refractivity contribution in [2.75, 3.05) is 19.6 Å². The molecule has 1 N–H and O–H groups in total. The standard InChI is InChI=1S/C17H21N3/c1-14-7-8-15(11-19-14)12-20-10-9-18-17(13-20)16-5-3-2-4-6-16/h2-8,11,17-18H,9-10,12-13H2,1H3. The molecule has 1 atom stereocenters. The van der Waals surface area contributed by atoms with Gasteiger partial charge in [-0.05, 0) is 24.1 Å². The van der Waals surface area contributed by atoms with Crippen LogP contribution in [0.5, 0.6) is 0 Å². The van der Waals surface area contributed by atoms with E-state index in [0.717, 1.165) is 31.9 Å². The van der Waals surface area contributed by atoms with E-state index in [0.29, 0.717) is 6.04 Å².